The molecule has 0 aliphatic rings. The lowest BCUT2D eigenvalue weighted by molar-refractivity contribution is -0.116. The SMILES string of the molecule is CCCC(=O)Nc1ccccc1-c1ccccc1. The van der Waals surface area contributed by atoms with Gasteiger partial charge in [0.15, 0.2) is 0 Å². The van der Waals surface area contributed by atoms with Crippen molar-refractivity contribution in [2.45, 2.75) is 19.8 Å². The van der Waals surface area contributed by atoms with Crippen LogP contribution in [0.3, 0.4) is 0 Å². The van der Waals surface area contributed by atoms with Crippen molar-refractivity contribution in [3.8, 4) is 11.1 Å². The molecule has 0 bridgehead atoms. The third-order valence-corrected chi connectivity index (χ3v) is 2.76. The molecule has 18 heavy (non-hydrogen) atoms. The van der Waals surface area contributed by atoms with E-state index in [0.29, 0.717) is 6.42 Å². The van der Waals surface area contributed by atoms with Crippen molar-refractivity contribution in [3.05, 3.63) is 54.6 Å². The molecular formula is C16H17NO. The molecule has 0 saturated carbocycles. The molecule has 0 aliphatic carbocycles. The summed E-state index contributed by atoms with van der Waals surface area (Å²) in [5.74, 6) is 0.0703. The predicted molar refractivity (Wildman–Crippen MR) is 75.4 cm³/mol. The fourth-order valence-corrected chi connectivity index (χ4v) is 1.90. The fourth-order valence-electron chi connectivity index (χ4n) is 1.90. The minimum atomic E-state index is 0.0703. The topological polar surface area (TPSA) is 29.1 Å². The van der Waals surface area contributed by atoms with Gasteiger partial charge >= 0.3 is 0 Å². The van der Waals surface area contributed by atoms with Crippen LogP contribution in [0.4, 0.5) is 5.69 Å². The smallest absolute Gasteiger partial charge is 0.224 e. The van der Waals surface area contributed by atoms with E-state index in [9.17, 15) is 4.79 Å². The summed E-state index contributed by atoms with van der Waals surface area (Å²) in [4.78, 5) is 11.7. The van der Waals surface area contributed by atoms with Gasteiger partial charge in [-0.3, -0.25) is 4.79 Å². The second kappa shape index (κ2) is 6.01. The lowest BCUT2D eigenvalue weighted by Crippen LogP contribution is -2.11. The van der Waals surface area contributed by atoms with Crippen molar-refractivity contribution < 1.29 is 4.79 Å². The number of carbonyl (C=O) groups is 1. The Morgan fingerprint density at radius 1 is 1.00 bits per heavy atom. The number of hydrogen-bond donors (Lipinski definition) is 1. The molecule has 2 aromatic carbocycles. The standard InChI is InChI=1S/C16H17NO/c1-2-8-16(18)17-15-12-7-6-11-14(15)13-9-4-3-5-10-13/h3-7,9-12H,2,8H2,1H3,(H,17,18). The lowest BCUT2D eigenvalue weighted by atomic mass is 10.0. The average Bonchev–Trinajstić information content (AvgIpc) is 2.40. The number of amides is 1. The molecule has 0 fully saturated rings. The van der Waals surface area contributed by atoms with Gasteiger partial charge in [0.05, 0.1) is 0 Å². The van der Waals surface area contributed by atoms with Gasteiger partial charge in [-0.15, -0.1) is 0 Å². The van der Waals surface area contributed by atoms with Crippen molar-refractivity contribution in [1.29, 1.82) is 0 Å². The van der Waals surface area contributed by atoms with Crippen LogP contribution in [0.2, 0.25) is 0 Å². The summed E-state index contributed by atoms with van der Waals surface area (Å²) < 4.78 is 0. The number of rotatable bonds is 4. The van der Waals surface area contributed by atoms with Gasteiger partial charge < -0.3 is 5.32 Å². The zero-order valence-corrected chi connectivity index (χ0v) is 10.5. The van der Waals surface area contributed by atoms with E-state index in [-0.39, 0.29) is 5.91 Å². The van der Waals surface area contributed by atoms with Crippen LogP contribution < -0.4 is 5.32 Å². The number of anilines is 1. The highest BCUT2D eigenvalue weighted by atomic mass is 16.1. The number of para-hydroxylation sites is 1. The van der Waals surface area contributed by atoms with Gasteiger partial charge in [0.25, 0.3) is 0 Å². The minimum Gasteiger partial charge on any atom is -0.326 e. The highest BCUT2D eigenvalue weighted by molar-refractivity contribution is 5.95. The summed E-state index contributed by atoms with van der Waals surface area (Å²) in [5.41, 5.74) is 3.05. The van der Waals surface area contributed by atoms with Crippen LogP contribution in [-0.2, 0) is 4.79 Å². The van der Waals surface area contributed by atoms with Crippen molar-refractivity contribution in [3.63, 3.8) is 0 Å². The molecule has 0 aliphatic heterocycles. The minimum absolute atomic E-state index is 0.0703. The highest BCUT2D eigenvalue weighted by Crippen LogP contribution is 2.27. The first-order valence-electron chi connectivity index (χ1n) is 6.25. The van der Waals surface area contributed by atoms with E-state index in [0.717, 1.165) is 23.2 Å². The first kappa shape index (κ1) is 12.4. The van der Waals surface area contributed by atoms with Gasteiger partial charge in [-0.25, -0.2) is 0 Å². The molecule has 0 spiro atoms. The molecule has 1 amide bonds. The zero-order valence-electron chi connectivity index (χ0n) is 10.5. The summed E-state index contributed by atoms with van der Waals surface area (Å²) in [6.45, 7) is 2.00. The Hall–Kier alpha value is -2.09. The first-order chi connectivity index (χ1) is 8.81. The average molecular weight is 239 g/mol. The van der Waals surface area contributed by atoms with Crippen LogP contribution >= 0.6 is 0 Å². The molecule has 0 atom stereocenters. The quantitative estimate of drug-likeness (QED) is 0.855. The number of carbonyl (C=O) groups excluding carboxylic acids is 1. The van der Waals surface area contributed by atoms with E-state index in [1.165, 1.54) is 0 Å². The van der Waals surface area contributed by atoms with E-state index in [2.05, 4.69) is 5.32 Å². The largest absolute Gasteiger partial charge is 0.326 e. The summed E-state index contributed by atoms with van der Waals surface area (Å²) >= 11 is 0. The van der Waals surface area contributed by atoms with Gasteiger partial charge in [0.2, 0.25) is 5.91 Å². The van der Waals surface area contributed by atoms with Crippen LogP contribution in [0.1, 0.15) is 19.8 Å². The normalized spacial score (nSPS) is 10.1. The first-order valence-corrected chi connectivity index (χ1v) is 6.25. The molecule has 2 aromatic rings. The summed E-state index contributed by atoms with van der Waals surface area (Å²) in [5, 5.41) is 2.97. The molecule has 0 saturated heterocycles. The Balaban J connectivity index is 2.29. The van der Waals surface area contributed by atoms with Crippen LogP contribution in [-0.4, -0.2) is 5.91 Å². The van der Waals surface area contributed by atoms with E-state index in [1.807, 2.05) is 61.5 Å². The maximum atomic E-state index is 11.7. The van der Waals surface area contributed by atoms with Crippen LogP contribution in [0, 0.1) is 0 Å². The Morgan fingerprint density at radius 3 is 2.39 bits per heavy atom. The van der Waals surface area contributed by atoms with Crippen LogP contribution in [0.25, 0.3) is 11.1 Å². The molecule has 92 valence electrons. The van der Waals surface area contributed by atoms with Crippen molar-refractivity contribution in [1.82, 2.24) is 0 Å². The molecule has 2 nitrogen and oxygen atoms in total. The van der Waals surface area contributed by atoms with E-state index in [4.69, 9.17) is 0 Å². The molecule has 0 radical (unpaired) electrons. The lowest BCUT2D eigenvalue weighted by Gasteiger charge is -2.10. The van der Waals surface area contributed by atoms with E-state index in [1.54, 1.807) is 0 Å². The van der Waals surface area contributed by atoms with Gasteiger partial charge in [0, 0.05) is 17.7 Å². The number of hydrogen-bond acceptors (Lipinski definition) is 1. The van der Waals surface area contributed by atoms with Crippen LogP contribution in [0.5, 0.6) is 0 Å². The maximum absolute atomic E-state index is 11.7. The van der Waals surface area contributed by atoms with Gasteiger partial charge in [0.1, 0.15) is 0 Å². The third-order valence-electron chi connectivity index (χ3n) is 2.76. The van der Waals surface area contributed by atoms with Gasteiger partial charge in [-0.1, -0.05) is 55.5 Å². The van der Waals surface area contributed by atoms with Crippen molar-refractivity contribution in [2.75, 3.05) is 5.32 Å². The molecule has 2 rings (SSSR count). The maximum Gasteiger partial charge on any atom is 0.224 e. The molecular weight excluding hydrogens is 222 g/mol. The van der Waals surface area contributed by atoms with E-state index >= 15 is 0 Å². The fraction of sp³-hybridized carbons (Fsp3) is 0.188. The van der Waals surface area contributed by atoms with E-state index < -0.39 is 0 Å². The number of benzene rings is 2. The van der Waals surface area contributed by atoms with Crippen molar-refractivity contribution >= 4 is 11.6 Å². The number of nitrogens with one attached hydrogen (secondary N) is 1. The van der Waals surface area contributed by atoms with Crippen LogP contribution in [0.15, 0.2) is 54.6 Å². The Labute approximate surface area is 108 Å². The Kier molecular flexibility index (Phi) is 4.13. The summed E-state index contributed by atoms with van der Waals surface area (Å²) in [6.07, 6.45) is 1.42. The molecule has 1 N–H and O–H groups in total. The Bertz CT molecular complexity index is 520. The zero-order chi connectivity index (χ0) is 12.8. The third kappa shape index (κ3) is 2.98. The summed E-state index contributed by atoms with van der Waals surface area (Å²) in [6, 6.07) is 18.0. The summed E-state index contributed by atoms with van der Waals surface area (Å²) in [7, 11) is 0. The molecule has 0 aromatic heterocycles. The molecule has 0 heterocycles. The van der Waals surface area contributed by atoms with Crippen molar-refractivity contribution in [2.24, 2.45) is 0 Å². The molecule has 0 unspecified atom stereocenters. The molecule has 2 heteroatoms. The van der Waals surface area contributed by atoms with Gasteiger partial charge in [-0.2, -0.15) is 0 Å². The Morgan fingerprint density at radius 2 is 1.67 bits per heavy atom. The highest BCUT2D eigenvalue weighted by Gasteiger charge is 2.06. The second-order valence-electron chi connectivity index (χ2n) is 4.21. The monoisotopic (exact) mass is 239 g/mol. The predicted octanol–water partition coefficient (Wildman–Crippen LogP) is 4.09. The van der Waals surface area contributed by atoms with Gasteiger partial charge in [-0.05, 0) is 18.1 Å². The second-order valence-corrected chi connectivity index (χ2v) is 4.21.